The summed E-state index contributed by atoms with van der Waals surface area (Å²) in [6, 6.07) is 24.5. The third-order valence-corrected chi connectivity index (χ3v) is 7.72. The number of hydrogen-bond acceptors (Lipinski definition) is 2. The lowest BCUT2D eigenvalue weighted by molar-refractivity contribution is 0.415. The summed E-state index contributed by atoms with van der Waals surface area (Å²) in [5, 5.41) is 3.16. The Balaban J connectivity index is 0.000000165. The minimum absolute atomic E-state index is 0.561. The molecule has 2 heterocycles. The van der Waals surface area contributed by atoms with Gasteiger partial charge < -0.3 is 18.6 Å². The van der Waals surface area contributed by atoms with Gasteiger partial charge in [-0.05, 0) is 88.0 Å². The van der Waals surface area contributed by atoms with E-state index < -0.39 is 0 Å². The van der Waals surface area contributed by atoms with Crippen LogP contribution in [0.25, 0.3) is 42.9 Å². The van der Waals surface area contributed by atoms with Crippen molar-refractivity contribution < 1.29 is 9.47 Å². The van der Waals surface area contributed by atoms with Gasteiger partial charge in [0.25, 0.3) is 0 Å². The summed E-state index contributed by atoms with van der Waals surface area (Å²) in [6.07, 6.45) is 3.94. The summed E-state index contributed by atoms with van der Waals surface area (Å²) in [7, 11) is 3.19. The molecule has 0 radical (unpaired) electrons. The van der Waals surface area contributed by atoms with Gasteiger partial charge in [-0.25, -0.2) is 9.69 Å². The number of benzene rings is 4. The van der Waals surface area contributed by atoms with Crippen molar-refractivity contribution in [1.82, 2.24) is 9.13 Å². The van der Waals surface area contributed by atoms with E-state index >= 15 is 0 Å². The summed E-state index contributed by atoms with van der Waals surface area (Å²) < 4.78 is 15.3. The maximum Gasteiger partial charge on any atom is 0.188 e. The summed E-state index contributed by atoms with van der Waals surface area (Å²) >= 11 is 15.9. The molecule has 0 spiro atoms. The highest BCUT2D eigenvalue weighted by Crippen LogP contribution is 2.34. The van der Waals surface area contributed by atoms with Crippen LogP contribution in [0.2, 0.25) is 10.0 Å². The Morgan fingerprint density at radius 3 is 1.80 bits per heavy atom. The van der Waals surface area contributed by atoms with E-state index in [2.05, 4.69) is 25.6 Å². The smallest absolute Gasteiger partial charge is 0.188 e. The molecule has 0 aliphatic carbocycles. The molecular formula is C32H21BrCl2N4O2. The van der Waals surface area contributed by atoms with Crippen LogP contribution in [0.15, 0.2) is 95.7 Å². The van der Waals surface area contributed by atoms with Gasteiger partial charge in [-0.15, -0.1) is 0 Å². The lowest BCUT2D eigenvalue weighted by atomic mass is 10.2. The fourth-order valence-electron chi connectivity index (χ4n) is 4.50. The number of ether oxygens (including phenoxy) is 2. The fraction of sp³-hybridized carbons (Fsp3) is 0.0625. The Morgan fingerprint density at radius 1 is 0.683 bits per heavy atom. The Labute approximate surface area is 255 Å². The van der Waals surface area contributed by atoms with Gasteiger partial charge in [-0.3, -0.25) is 0 Å². The molecule has 0 fully saturated rings. The molecule has 0 N–H and O–H groups in total. The zero-order valence-electron chi connectivity index (χ0n) is 21.9. The van der Waals surface area contributed by atoms with E-state index in [1.807, 2.05) is 100 Å². The molecule has 0 saturated carbocycles. The van der Waals surface area contributed by atoms with Gasteiger partial charge in [-0.1, -0.05) is 35.3 Å². The number of fused-ring (bicyclic) bond motifs is 2. The van der Waals surface area contributed by atoms with Crippen molar-refractivity contribution in [2.75, 3.05) is 14.2 Å². The number of nitrogens with zero attached hydrogens (tertiary/aromatic N) is 4. The van der Waals surface area contributed by atoms with Crippen LogP contribution in [0.5, 0.6) is 11.5 Å². The molecule has 0 aliphatic heterocycles. The van der Waals surface area contributed by atoms with E-state index in [0.717, 1.165) is 37.7 Å². The number of hydrogen-bond donors (Lipinski definition) is 0. The molecule has 0 saturated heterocycles. The molecule has 41 heavy (non-hydrogen) atoms. The van der Waals surface area contributed by atoms with Crippen molar-refractivity contribution in [1.29, 1.82) is 0 Å². The van der Waals surface area contributed by atoms with Crippen molar-refractivity contribution in [2.24, 2.45) is 0 Å². The van der Waals surface area contributed by atoms with Crippen LogP contribution in [0.1, 0.15) is 0 Å². The summed E-state index contributed by atoms with van der Waals surface area (Å²) in [6.45, 7) is 14.2. The first-order valence-electron chi connectivity index (χ1n) is 12.2. The average molecular weight is 644 g/mol. The van der Waals surface area contributed by atoms with Crippen LogP contribution in [0.4, 0.5) is 11.4 Å². The molecule has 4 aromatic carbocycles. The largest absolute Gasteiger partial charge is 0.495 e. The van der Waals surface area contributed by atoms with Crippen LogP contribution in [0, 0.1) is 13.1 Å². The molecule has 2 aromatic heterocycles. The van der Waals surface area contributed by atoms with Gasteiger partial charge in [0.05, 0.1) is 48.4 Å². The highest BCUT2D eigenvalue weighted by Gasteiger charge is 2.11. The van der Waals surface area contributed by atoms with Crippen LogP contribution >= 0.6 is 39.1 Å². The molecule has 0 bridgehead atoms. The quantitative estimate of drug-likeness (QED) is 0.179. The molecule has 6 aromatic rings. The van der Waals surface area contributed by atoms with E-state index in [1.54, 1.807) is 14.2 Å². The van der Waals surface area contributed by atoms with Crippen molar-refractivity contribution in [2.45, 2.75) is 0 Å². The first-order valence-corrected chi connectivity index (χ1v) is 13.8. The van der Waals surface area contributed by atoms with Gasteiger partial charge in [0.2, 0.25) is 0 Å². The lowest BCUT2D eigenvalue weighted by Crippen LogP contribution is -1.93. The number of rotatable bonds is 4. The average Bonchev–Trinajstić information content (AvgIpc) is 3.57. The summed E-state index contributed by atoms with van der Waals surface area (Å²) in [5.74, 6) is 1.30. The van der Waals surface area contributed by atoms with Crippen LogP contribution in [-0.4, -0.2) is 23.4 Å². The van der Waals surface area contributed by atoms with Gasteiger partial charge in [0, 0.05) is 33.6 Å². The monoisotopic (exact) mass is 642 g/mol. The second-order valence-corrected chi connectivity index (χ2v) is 10.5. The molecular weight excluding hydrogens is 623 g/mol. The summed E-state index contributed by atoms with van der Waals surface area (Å²) in [5.41, 5.74) is 5.21. The van der Waals surface area contributed by atoms with Crippen molar-refractivity contribution in [3.63, 3.8) is 0 Å². The summed E-state index contributed by atoms with van der Waals surface area (Å²) in [4.78, 5) is 6.91. The van der Waals surface area contributed by atoms with E-state index in [4.69, 9.17) is 45.8 Å². The second-order valence-electron chi connectivity index (χ2n) is 8.84. The minimum Gasteiger partial charge on any atom is -0.495 e. The molecule has 0 unspecified atom stereocenters. The van der Waals surface area contributed by atoms with Gasteiger partial charge >= 0.3 is 0 Å². The predicted molar refractivity (Wildman–Crippen MR) is 170 cm³/mol. The second kappa shape index (κ2) is 12.0. The molecule has 0 aliphatic rings. The third kappa shape index (κ3) is 5.62. The number of halogens is 3. The number of methoxy groups -OCH3 is 2. The zero-order chi connectivity index (χ0) is 29.1. The standard InChI is InChI=1S/C16H10BrClN2O.C16H11ClN2O/c1-19-10-3-5-15-12(7-10)13(17)9-20(15)11-4-6-16(21-2)14(18)8-11;1-18-12-3-5-15-11(9-12)7-8-19(15)13-4-6-16(20-2)14(17)10-13/h3-9H,2H3;3-10H,2H3. The molecule has 0 atom stereocenters. The topological polar surface area (TPSA) is 37.0 Å². The highest BCUT2D eigenvalue weighted by molar-refractivity contribution is 9.10. The maximum absolute atomic E-state index is 7.10. The number of aromatic nitrogens is 2. The molecule has 6 nitrogen and oxygen atoms in total. The molecule has 6 rings (SSSR count). The van der Waals surface area contributed by atoms with E-state index in [-0.39, 0.29) is 0 Å². The zero-order valence-corrected chi connectivity index (χ0v) is 25.0. The van der Waals surface area contributed by atoms with E-state index in [9.17, 15) is 0 Å². The Kier molecular flexibility index (Phi) is 8.23. The first-order chi connectivity index (χ1) is 19.9. The lowest BCUT2D eigenvalue weighted by Gasteiger charge is -2.08. The van der Waals surface area contributed by atoms with Gasteiger partial charge in [0.15, 0.2) is 11.4 Å². The SMILES string of the molecule is [C-]#[N+]c1ccc2c(c1)c(Br)cn2-c1ccc(OC)c(Cl)c1.[C-]#[N+]c1ccc2c(ccn2-c2ccc(OC)c(Cl)c2)c1. The Morgan fingerprint density at radius 2 is 1.24 bits per heavy atom. The highest BCUT2D eigenvalue weighted by atomic mass is 79.9. The molecule has 9 heteroatoms. The third-order valence-electron chi connectivity index (χ3n) is 6.50. The fourth-order valence-corrected chi connectivity index (χ4v) is 5.52. The van der Waals surface area contributed by atoms with Crippen molar-refractivity contribution in [3.05, 3.63) is 129 Å². The molecule has 0 amide bonds. The van der Waals surface area contributed by atoms with Crippen LogP contribution < -0.4 is 9.47 Å². The Hall–Kier alpha value is -4.40. The van der Waals surface area contributed by atoms with Gasteiger partial charge in [0.1, 0.15) is 11.5 Å². The molecule has 202 valence electrons. The van der Waals surface area contributed by atoms with Crippen LogP contribution in [0.3, 0.4) is 0 Å². The van der Waals surface area contributed by atoms with E-state index in [0.29, 0.717) is 32.9 Å². The predicted octanol–water partition coefficient (Wildman–Crippen LogP) is 10.4. The van der Waals surface area contributed by atoms with Crippen molar-refractivity contribution in [3.8, 4) is 22.9 Å². The first kappa shape index (κ1) is 28.1. The van der Waals surface area contributed by atoms with Gasteiger partial charge in [-0.2, -0.15) is 0 Å². The van der Waals surface area contributed by atoms with Crippen LogP contribution in [-0.2, 0) is 0 Å². The normalized spacial score (nSPS) is 10.5. The Bertz CT molecular complexity index is 2000. The van der Waals surface area contributed by atoms with E-state index in [1.165, 1.54) is 0 Å². The van der Waals surface area contributed by atoms with Crippen molar-refractivity contribution >= 4 is 72.3 Å². The maximum atomic E-state index is 7.10. The minimum atomic E-state index is 0.561.